The molecule has 3 N–H and O–H groups in total. The average Bonchev–Trinajstić information content (AvgIpc) is 2.31. The smallest absolute Gasteiger partial charge is 0.119 e. The normalized spacial score (nSPS) is 12.4. The van der Waals surface area contributed by atoms with Crippen molar-refractivity contribution in [3.8, 4) is 5.75 Å². The third kappa shape index (κ3) is 2.41. The minimum atomic E-state index is 0.137. The van der Waals surface area contributed by atoms with Gasteiger partial charge in [-0.3, -0.25) is 0 Å². The molecule has 2 rings (SSSR count). The van der Waals surface area contributed by atoms with Gasteiger partial charge in [-0.25, -0.2) is 0 Å². The number of rotatable bonds is 2. The summed E-state index contributed by atoms with van der Waals surface area (Å²) in [6, 6.07) is 13.5. The van der Waals surface area contributed by atoms with E-state index in [1.165, 1.54) is 0 Å². The van der Waals surface area contributed by atoms with E-state index >= 15 is 0 Å². The van der Waals surface area contributed by atoms with Crippen molar-refractivity contribution >= 4 is 5.69 Å². The first-order valence-electron chi connectivity index (χ1n) is 5.73. The van der Waals surface area contributed by atoms with Crippen LogP contribution in [0.2, 0.25) is 0 Å². The standard InChI is InChI=1S/C15H17NO/c1-10-6-7-15(17)14(8-10)11(2)12-4-3-5-13(16)9-12/h3-9,11,17H,16H2,1-2H3. The first-order valence-corrected chi connectivity index (χ1v) is 5.73. The number of nitrogens with two attached hydrogens (primary N) is 1. The molecule has 0 heterocycles. The zero-order chi connectivity index (χ0) is 12.4. The second-order valence-electron chi connectivity index (χ2n) is 4.45. The molecule has 0 spiro atoms. The molecule has 0 saturated heterocycles. The van der Waals surface area contributed by atoms with Gasteiger partial charge in [0.2, 0.25) is 0 Å². The highest BCUT2D eigenvalue weighted by molar-refractivity contribution is 5.47. The highest BCUT2D eigenvalue weighted by Gasteiger charge is 2.12. The molecular formula is C15H17NO. The molecule has 1 unspecified atom stereocenters. The number of phenols is 1. The van der Waals surface area contributed by atoms with E-state index in [9.17, 15) is 5.11 Å². The Balaban J connectivity index is 2.43. The van der Waals surface area contributed by atoms with Gasteiger partial charge >= 0.3 is 0 Å². The van der Waals surface area contributed by atoms with Gasteiger partial charge in [0, 0.05) is 17.2 Å². The highest BCUT2D eigenvalue weighted by Crippen LogP contribution is 2.32. The van der Waals surface area contributed by atoms with E-state index in [-0.39, 0.29) is 5.92 Å². The van der Waals surface area contributed by atoms with Gasteiger partial charge in [-0.05, 0) is 30.7 Å². The summed E-state index contributed by atoms with van der Waals surface area (Å²) in [5.74, 6) is 0.476. The number of aryl methyl sites for hydroxylation is 1. The Hall–Kier alpha value is -1.96. The van der Waals surface area contributed by atoms with Crippen molar-refractivity contribution in [2.75, 3.05) is 5.73 Å². The van der Waals surface area contributed by atoms with Gasteiger partial charge < -0.3 is 10.8 Å². The maximum atomic E-state index is 9.90. The summed E-state index contributed by atoms with van der Waals surface area (Å²) in [6.45, 7) is 4.10. The molecule has 0 fully saturated rings. The van der Waals surface area contributed by atoms with E-state index in [1.807, 2.05) is 43.3 Å². The summed E-state index contributed by atoms with van der Waals surface area (Å²) in [5.41, 5.74) is 9.74. The van der Waals surface area contributed by atoms with Gasteiger partial charge in [0.15, 0.2) is 0 Å². The van der Waals surface area contributed by atoms with Gasteiger partial charge in [-0.1, -0.05) is 36.8 Å². The number of nitrogen functional groups attached to an aromatic ring is 1. The van der Waals surface area contributed by atoms with Crippen LogP contribution in [0.1, 0.15) is 29.5 Å². The highest BCUT2D eigenvalue weighted by atomic mass is 16.3. The van der Waals surface area contributed by atoms with Gasteiger partial charge in [0.1, 0.15) is 5.75 Å². The third-order valence-electron chi connectivity index (χ3n) is 3.06. The van der Waals surface area contributed by atoms with Gasteiger partial charge in [0.05, 0.1) is 0 Å². The van der Waals surface area contributed by atoms with Crippen molar-refractivity contribution < 1.29 is 5.11 Å². The van der Waals surface area contributed by atoms with Gasteiger partial charge in [-0.2, -0.15) is 0 Å². The second kappa shape index (κ2) is 4.50. The third-order valence-corrected chi connectivity index (χ3v) is 3.06. The van der Waals surface area contributed by atoms with E-state index in [2.05, 4.69) is 6.92 Å². The topological polar surface area (TPSA) is 46.2 Å². The van der Waals surface area contributed by atoms with Crippen LogP contribution in [-0.2, 0) is 0 Å². The van der Waals surface area contributed by atoms with Crippen LogP contribution in [0.4, 0.5) is 5.69 Å². The summed E-state index contributed by atoms with van der Waals surface area (Å²) >= 11 is 0. The minimum Gasteiger partial charge on any atom is -0.508 e. The fourth-order valence-electron chi connectivity index (χ4n) is 2.03. The molecule has 0 aliphatic rings. The fraction of sp³-hybridized carbons (Fsp3) is 0.200. The summed E-state index contributed by atoms with van der Waals surface area (Å²) in [6.07, 6.45) is 0. The molecular weight excluding hydrogens is 210 g/mol. The van der Waals surface area contributed by atoms with Crippen molar-refractivity contribution in [3.63, 3.8) is 0 Å². The lowest BCUT2D eigenvalue weighted by Gasteiger charge is -2.15. The van der Waals surface area contributed by atoms with Crippen molar-refractivity contribution in [1.82, 2.24) is 0 Å². The van der Waals surface area contributed by atoms with Crippen molar-refractivity contribution in [1.29, 1.82) is 0 Å². The quantitative estimate of drug-likeness (QED) is 0.772. The molecule has 2 heteroatoms. The molecule has 0 amide bonds. The molecule has 0 saturated carbocycles. The largest absolute Gasteiger partial charge is 0.508 e. The van der Waals surface area contributed by atoms with Crippen molar-refractivity contribution in [2.24, 2.45) is 0 Å². The number of anilines is 1. The Morgan fingerprint density at radius 2 is 1.88 bits per heavy atom. The SMILES string of the molecule is Cc1ccc(O)c(C(C)c2cccc(N)c2)c1. The zero-order valence-corrected chi connectivity index (χ0v) is 10.1. The predicted octanol–water partition coefficient (Wildman–Crippen LogP) is 3.43. The van der Waals surface area contributed by atoms with Crippen LogP contribution in [0.15, 0.2) is 42.5 Å². The molecule has 2 aromatic carbocycles. The number of phenolic OH excluding ortho intramolecular Hbond substituents is 1. The fourth-order valence-corrected chi connectivity index (χ4v) is 2.03. The van der Waals surface area contributed by atoms with E-state index in [0.717, 1.165) is 22.4 Å². The number of hydrogen-bond donors (Lipinski definition) is 2. The van der Waals surface area contributed by atoms with Crippen LogP contribution in [0.3, 0.4) is 0 Å². The minimum absolute atomic E-state index is 0.137. The lowest BCUT2D eigenvalue weighted by atomic mass is 9.91. The first kappa shape index (κ1) is 11.5. The first-order chi connectivity index (χ1) is 8.08. The summed E-state index contributed by atoms with van der Waals surface area (Å²) in [4.78, 5) is 0. The number of benzene rings is 2. The Bertz CT molecular complexity index is 534. The van der Waals surface area contributed by atoms with Crippen molar-refractivity contribution in [2.45, 2.75) is 19.8 Å². The van der Waals surface area contributed by atoms with Crippen molar-refractivity contribution in [3.05, 3.63) is 59.2 Å². The molecule has 17 heavy (non-hydrogen) atoms. The molecule has 2 aromatic rings. The Kier molecular flexibility index (Phi) is 3.05. The van der Waals surface area contributed by atoms with Crippen LogP contribution in [-0.4, -0.2) is 5.11 Å². The van der Waals surface area contributed by atoms with E-state index in [4.69, 9.17) is 5.73 Å². The Labute approximate surface area is 102 Å². The molecule has 2 nitrogen and oxygen atoms in total. The van der Waals surface area contributed by atoms with E-state index in [1.54, 1.807) is 6.07 Å². The Morgan fingerprint density at radius 1 is 1.12 bits per heavy atom. The molecule has 0 radical (unpaired) electrons. The van der Waals surface area contributed by atoms with Crippen LogP contribution >= 0.6 is 0 Å². The lowest BCUT2D eigenvalue weighted by Crippen LogP contribution is -1.98. The van der Waals surface area contributed by atoms with Crippen LogP contribution in [0.5, 0.6) is 5.75 Å². The number of aromatic hydroxyl groups is 1. The maximum Gasteiger partial charge on any atom is 0.119 e. The number of hydrogen-bond acceptors (Lipinski definition) is 2. The van der Waals surface area contributed by atoms with Crippen LogP contribution < -0.4 is 5.73 Å². The monoisotopic (exact) mass is 227 g/mol. The van der Waals surface area contributed by atoms with Crippen LogP contribution in [0.25, 0.3) is 0 Å². The molecule has 88 valence electrons. The predicted molar refractivity (Wildman–Crippen MR) is 71.2 cm³/mol. The second-order valence-corrected chi connectivity index (χ2v) is 4.45. The maximum absolute atomic E-state index is 9.90. The molecule has 0 aliphatic heterocycles. The van der Waals surface area contributed by atoms with E-state index < -0.39 is 0 Å². The summed E-state index contributed by atoms with van der Waals surface area (Å²) in [5, 5.41) is 9.90. The molecule has 0 aliphatic carbocycles. The molecule has 0 aromatic heterocycles. The van der Waals surface area contributed by atoms with Gasteiger partial charge in [-0.15, -0.1) is 0 Å². The molecule has 0 bridgehead atoms. The summed E-state index contributed by atoms with van der Waals surface area (Å²) < 4.78 is 0. The van der Waals surface area contributed by atoms with Crippen LogP contribution in [0, 0.1) is 6.92 Å². The lowest BCUT2D eigenvalue weighted by molar-refractivity contribution is 0.466. The Morgan fingerprint density at radius 3 is 2.59 bits per heavy atom. The zero-order valence-electron chi connectivity index (χ0n) is 10.1. The van der Waals surface area contributed by atoms with Gasteiger partial charge in [0.25, 0.3) is 0 Å². The van der Waals surface area contributed by atoms with E-state index in [0.29, 0.717) is 5.75 Å². The average molecular weight is 227 g/mol. The molecule has 1 atom stereocenters. The summed E-state index contributed by atoms with van der Waals surface area (Å²) in [7, 11) is 0.